The van der Waals surface area contributed by atoms with Gasteiger partial charge in [-0.15, -0.1) is 0 Å². The van der Waals surface area contributed by atoms with Gasteiger partial charge in [0.1, 0.15) is 12.4 Å². The van der Waals surface area contributed by atoms with Crippen LogP contribution in [-0.4, -0.2) is 34.3 Å². The highest BCUT2D eigenvalue weighted by Crippen LogP contribution is 2.13. The van der Waals surface area contributed by atoms with E-state index in [2.05, 4.69) is 9.46 Å². The largest absolute Gasteiger partial charge is 0.492 e. The predicted octanol–water partition coefficient (Wildman–Crippen LogP) is 0.228. The lowest BCUT2D eigenvalue weighted by molar-refractivity contribution is 0.158. The Kier molecular flexibility index (Phi) is 6.07. The van der Waals surface area contributed by atoms with Gasteiger partial charge >= 0.3 is 16.3 Å². The Balaban J connectivity index is 2.31. The average Bonchev–Trinajstić information content (AvgIpc) is 2.34. The Morgan fingerprint density at radius 1 is 1.40 bits per heavy atom. The number of hydrogen-bond acceptors (Lipinski definition) is 6. The fraction of sp³-hybridized carbons (Fsp3) is 0.364. The summed E-state index contributed by atoms with van der Waals surface area (Å²) < 4.78 is 36.3. The van der Waals surface area contributed by atoms with Gasteiger partial charge in [0.15, 0.2) is 0 Å². The molecule has 9 heteroatoms. The molecular formula is C11H17N3O5S. The molecular weight excluding hydrogens is 286 g/mol. The molecule has 0 spiro atoms. The van der Waals surface area contributed by atoms with Crippen LogP contribution in [0.3, 0.4) is 0 Å². The topological polar surface area (TPSA) is 120 Å². The molecule has 1 aromatic carbocycles. The van der Waals surface area contributed by atoms with E-state index in [0.29, 0.717) is 11.4 Å². The summed E-state index contributed by atoms with van der Waals surface area (Å²) in [6.45, 7) is 1.73. The zero-order valence-electron chi connectivity index (χ0n) is 11.0. The minimum Gasteiger partial charge on any atom is -0.492 e. The number of anilines is 1. The first-order valence-corrected chi connectivity index (χ1v) is 7.34. The monoisotopic (exact) mass is 303 g/mol. The minimum atomic E-state index is -3.94. The molecule has 0 bridgehead atoms. The predicted molar refractivity (Wildman–Crippen MR) is 73.4 cm³/mol. The number of nitrogens with one attached hydrogen (secondary N) is 2. The second-order valence-corrected chi connectivity index (χ2v) is 5.14. The summed E-state index contributed by atoms with van der Waals surface area (Å²) in [6, 6.07) is 6.74. The van der Waals surface area contributed by atoms with Crippen LogP contribution < -0.4 is 19.9 Å². The standard InChI is InChI=1S/C11H17N3O5S/c1-2-18-11(15)14-20(16,17)13-6-7-19-10-5-3-4-9(12)8-10/h3-5,8,13H,2,6-7,12H2,1H3,(H,14,15). The van der Waals surface area contributed by atoms with Gasteiger partial charge in [-0.2, -0.15) is 13.1 Å². The number of nitrogen functional groups attached to an aromatic ring is 1. The highest BCUT2D eigenvalue weighted by molar-refractivity contribution is 7.88. The van der Waals surface area contributed by atoms with Crippen LogP contribution >= 0.6 is 0 Å². The second-order valence-electron chi connectivity index (χ2n) is 3.64. The maximum absolute atomic E-state index is 11.4. The molecule has 0 unspecified atom stereocenters. The molecule has 0 saturated carbocycles. The van der Waals surface area contributed by atoms with Crippen molar-refractivity contribution in [1.29, 1.82) is 0 Å². The molecule has 20 heavy (non-hydrogen) atoms. The van der Waals surface area contributed by atoms with Crippen molar-refractivity contribution < 1.29 is 22.7 Å². The summed E-state index contributed by atoms with van der Waals surface area (Å²) >= 11 is 0. The number of carbonyl (C=O) groups is 1. The Bertz CT molecular complexity index is 547. The van der Waals surface area contributed by atoms with Crippen molar-refractivity contribution in [2.45, 2.75) is 6.92 Å². The molecule has 0 saturated heterocycles. The Morgan fingerprint density at radius 2 is 2.15 bits per heavy atom. The lowest BCUT2D eigenvalue weighted by Gasteiger charge is -2.09. The van der Waals surface area contributed by atoms with E-state index in [1.165, 1.54) is 0 Å². The summed E-state index contributed by atoms with van der Waals surface area (Å²) in [4.78, 5) is 11.0. The van der Waals surface area contributed by atoms with Gasteiger partial charge in [0.25, 0.3) is 0 Å². The van der Waals surface area contributed by atoms with Crippen LogP contribution in [0.5, 0.6) is 5.75 Å². The minimum absolute atomic E-state index is 0.0104. The molecule has 1 amide bonds. The van der Waals surface area contributed by atoms with Crippen molar-refractivity contribution >= 4 is 22.0 Å². The quantitative estimate of drug-likeness (QED) is 0.490. The molecule has 4 N–H and O–H groups in total. The number of benzene rings is 1. The van der Waals surface area contributed by atoms with E-state index in [-0.39, 0.29) is 19.8 Å². The zero-order chi connectivity index (χ0) is 15.0. The Labute approximate surface area is 117 Å². The van der Waals surface area contributed by atoms with Crippen molar-refractivity contribution in [2.24, 2.45) is 0 Å². The molecule has 1 aromatic rings. The van der Waals surface area contributed by atoms with E-state index in [1.54, 1.807) is 35.9 Å². The van der Waals surface area contributed by atoms with Gasteiger partial charge in [-0.1, -0.05) is 6.07 Å². The van der Waals surface area contributed by atoms with E-state index < -0.39 is 16.3 Å². The number of carbonyl (C=O) groups excluding carboxylic acids is 1. The number of amides is 1. The summed E-state index contributed by atoms with van der Waals surface area (Å²) in [5.41, 5.74) is 6.11. The van der Waals surface area contributed by atoms with Crippen LogP contribution in [0.1, 0.15) is 6.92 Å². The van der Waals surface area contributed by atoms with Crippen molar-refractivity contribution in [2.75, 3.05) is 25.5 Å². The van der Waals surface area contributed by atoms with Gasteiger partial charge in [-0.3, -0.25) is 0 Å². The van der Waals surface area contributed by atoms with Gasteiger partial charge in [0, 0.05) is 18.3 Å². The molecule has 8 nitrogen and oxygen atoms in total. The lowest BCUT2D eigenvalue weighted by atomic mass is 10.3. The summed E-state index contributed by atoms with van der Waals surface area (Å²) in [6.07, 6.45) is -1.03. The molecule has 0 atom stereocenters. The normalized spacial score (nSPS) is 10.8. The number of rotatable bonds is 7. The van der Waals surface area contributed by atoms with Crippen molar-refractivity contribution in [3.8, 4) is 5.75 Å². The summed E-state index contributed by atoms with van der Waals surface area (Å²) in [5.74, 6) is 0.530. The molecule has 0 fully saturated rings. The van der Waals surface area contributed by atoms with E-state index in [4.69, 9.17) is 10.5 Å². The van der Waals surface area contributed by atoms with E-state index in [9.17, 15) is 13.2 Å². The summed E-state index contributed by atoms with van der Waals surface area (Å²) in [7, 11) is -3.94. The van der Waals surface area contributed by atoms with Crippen LogP contribution in [0.25, 0.3) is 0 Å². The van der Waals surface area contributed by atoms with Crippen LogP contribution in [0.2, 0.25) is 0 Å². The van der Waals surface area contributed by atoms with Gasteiger partial charge in [0.05, 0.1) is 6.61 Å². The first-order chi connectivity index (χ1) is 9.43. The number of ether oxygens (including phenoxy) is 2. The Morgan fingerprint density at radius 3 is 2.80 bits per heavy atom. The second kappa shape index (κ2) is 7.56. The van der Waals surface area contributed by atoms with Gasteiger partial charge in [-0.05, 0) is 19.1 Å². The highest BCUT2D eigenvalue weighted by atomic mass is 32.2. The van der Waals surface area contributed by atoms with E-state index in [1.807, 2.05) is 0 Å². The van der Waals surface area contributed by atoms with Crippen LogP contribution in [0, 0.1) is 0 Å². The molecule has 0 aliphatic heterocycles. The van der Waals surface area contributed by atoms with Crippen molar-refractivity contribution in [3.63, 3.8) is 0 Å². The lowest BCUT2D eigenvalue weighted by Crippen LogP contribution is -2.42. The van der Waals surface area contributed by atoms with Crippen LogP contribution in [-0.2, 0) is 14.9 Å². The third kappa shape index (κ3) is 6.25. The van der Waals surface area contributed by atoms with Crippen molar-refractivity contribution in [1.82, 2.24) is 9.44 Å². The number of nitrogens with two attached hydrogens (primary N) is 1. The van der Waals surface area contributed by atoms with Gasteiger partial charge in [0.2, 0.25) is 0 Å². The third-order valence-electron chi connectivity index (χ3n) is 2.01. The fourth-order valence-electron chi connectivity index (χ4n) is 1.26. The van der Waals surface area contributed by atoms with Gasteiger partial charge < -0.3 is 15.2 Å². The van der Waals surface area contributed by atoms with E-state index in [0.717, 1.165) is 0 Å². The van der Waals surface area contributed by atoms with E-state index >= 15 is 0 Å². The maximum Gasteiger partial charge on any atom is 0.421 e. The summed E-state index contributed by atoms with van der Waals surface area (Å²) in [5, 5.41) is 0. The molecule has 0 heterocycles. The fourth-order valence-corrected chi connectivity index (χ4v) is 1.96. The maximum atomic E-state index is 11.4. The Hall–Kier alpha value is -2.00. The SMILES string of the molecule is CCOC(=O)NS(=O)(=O)NCCOc1cccc(N)c1. The van der Waals surface area contributed by atoms with Crippen LogP contribution in [0.15, 0.2) is 24.3 Å². The van der Waals surface area contributed by atoms with Crippen LogP contribution in [0.4, 0.5) is 10.5 Å². The molecule has 0 radical (unpaired) electrons. The first kappa shape index (κ1) is 16.1. The third-order valence-corrected chi connectivity index (χ3v) is 3.03. The molecule has 1 rings (SSSR count). The molecule has 0 aromatic heterocycles. The van der Waals surface area contributed by atoms with Gasteiger partial charge in [-0.25, -0.2) is 9.52 Å². The van der Waals surface area contributed by atoms with Crippen molar-refractivity contribution in [3.05, 3.63) is 24.3 Å². The smallest absolute Gasteiger partial charge is 0.421 e. The highest BCUT2D eigenvalue weighted by Gasteiger charge is 2.13. The molecule has 0 aliphatic carbocycles. The molecule has 112 valence electrons. The first-order valence-electron chi connectivity index (χ1n) is 5.85. The number of hydrogen-bond donors (Lipinski definition) is 3. The average molecular weight is 303 g/mol. The molecule has 0 aliphatic rings. The zero-order valence-corrected chi connectivity index (χ0v) is 11.8.